The Morgan fingerprint density at radius 2 is 1.93 bits per heavy atom. The third kappa shape index (κ3) is 3.09. The van der Waals surface area contributed by atoms with Crippen LogP contribution in [0.3, 0.4) is 0 Å². The van der Waals surface area contributed by atoms with Crippen molar-refractivity contribution in [1.29, 1.82) is 0 Å². The van der Waals surface area contributed by atoms with E-state index in [1.165, 1.54) is 11.9 Å². The maximum Gasteiger partial charge on any atom is 0.191 e. The van der Waals surface area contributed by atoms with E-state index in [2.05, 4.69) is 14.9 Å². The molecule has 3 heterocycles. The Labute approximate surface area is 177 Å². The van der Waals surface area contributed by atoms with Crippen LogP contribution in [0.1, 0.15) is 5.56 Å². The summed E-state index contributed by atoms with van der Waals surface area (Å²) in [4.78, 5) is 5.06. The molecule has 0 spiro atoms. The molecule has 0 saturated carbocycles. The predicted molar refractivity (Wildman–Crippen MR) is 115 cm³/mol. The fourth-order valence-corrected chi connectivity index (χ4v) is 4.48. The molecule has 30 heavy (non-hydrogen) atoms. The summed E-state index contributed by atoms with van der Waals surface area (Å²) < 4.78 is 25.9. The quantitative estimate of drug-likeness (QED) is 0.438. The van der Waals surface area contributed by atoms with Gasteiger partial charge in [-0.1, -0.05) is 17.3 Å². The molecular weight excluding hydrogens is 402 g/mol. The van der Waals surface area contributed by atoms with Gasteiger partial charge in [-0.25, -0.2) is 0 Å². The second-order valence-electron chi connectivity index (χ2n) is 6.67. The number of hydrogen-bond acceptors (Lipinski definition) is 8. The minimum absolute atomic E-state index is 0.596. The monoisotopic (exact) mass is 421 g/mol. The van der Waals surface area contributed by atoms with Crippen LogP contribution in [0.25, 0.3) is 22.1 Å². The maximum absolute atomic E-state index is 6.00. The standard InChI is InChI=1S/C22H19N3O4S/c1-26-16-6-3-7-17(27-2)21(16)30-25-22-19-18(29-24-22)11-15(13-5-4-9-23-12-13)14-8-10-28-20(14)19/h3-7,9,11-12H,8,10H2,1-2H3,(H,24,25). The van der Waals surface area contributed by atoms with E-state index in [0.29, 0.717) is 29.5 Å². The molecule has 1 N–H and O–H groups in total. The van der Waals surface area contributed by atoms with Crippen LogP contribution in [0, 0.1) is 0 Å². The first-order chi connectivity index (χ1) is 14.8. The van der Waals surface area contributed by atoms with Gasteiger partial charge in [-0.15, -0.1) is 0 Å². The predicted octanol–water partition coefficient (Wildman–Crippen LogP) is 4.96. The number of benzene rings is 2. The van der Waals surface area contributed by atoms with Crippen molar-refractivity contribution in [2.24, 2.45) is 0 Å². The fraction of sp³-hybridized carbons (Fsp3) is 0.182. The Morgan fingerprint density at radius 1 is 1.10 bits per heavy atom. The van der Waals surface area contributed by atoms with Gasteiger partial charge in [-0.3, -0.25) is 4.98 Å². The molecule has 8 heteroatoms. The van der Waals surface area contributed by atoms with Gasteiger partial charge in [0.05, 0.1) is 20.8 Å². The van der Waals surface area contributed by atoms with Crippen molar-refractivity contribution in [3.63, 3.8) is 0 Å². The summed E-state index contributed by atoms with van der Waals surface area (Å²) in [6.07, 6.45) is 4.44. The lowest BCUT2D eigenvalue weighted by molar-refractivity contribution is 0.360. The number of aromatic nitrogens is 2. The third-order valence-electron chi connectivity index (χ3n) is 5.02. The lowest BCUT2D eigenvalue weighted by Gasteiger charge is -2.12. The van der Waals surface area contributed by atoms with Gasteiger partial charge in [-0.2, -0.15) is 0 Å². The highest BCUT2D eigenvalue weighted by Gasteiger charge is 2.26. The molecule has 0 fully saturated rings. The van der Waals surface area contributed by atoms with Gasteiger partial charge < -0.3 is 23.5 Å². The molecule has 4 aromatic rings. The molecule has 0 unspecified atom stereocenters. The van der Waals surface area contributed by atoms with Crippen molar-refractivity contribution in [1.82, 2.24) is 10.1 Å². The highest BCUT2D eigenvalue weighted by molar-refractivity contribution is 8.00. The van der Waals surface area contributed by atoms with Crippen LogP contribution in [-0.4, -0.2) is 31.0 Å². The van der Waals surface area contributed by atoms with E-state index in [4.69, 9.17) is 18.7 Å². The molecule has 0 saturated heterocycles. The molecule has 0 aliphatic carbocycles. The van der Waals surface area contributed by atoms with E-state index in [-0.39, 0.29) is 0 Å². The van der Waals surface area contributed by atoms with Crippen LogP contribution in [0.4, 0.5) is 5.82 Å². The summed E-state index contributed by atoms with van der Waals surface area (Å²) in [6.45, 7) is 0.625. The second-order valence-corrected chi connectivity index (χ2v) is 7.49. The van der Waals surface area contributed by atoms with Gasteiger partial charge in [0.15, 0.2) is 11.4 Å². The highest BCUT2D eigenvalue weighted by Crippen LogP contribution is 2.45. The molecule has 0 radical (unpaired) electrons. The Bertz CT molecular complexity index is 1190. The summed E-state index contributed by atoms with van der Waals surface area (Å²) in [6, 6.07) is 11.6. The van der Waals surface area contributed by atoms with Crippen LogP contribution in [0.5, 0.6) is 17.2 Å². The molecule has 152 valence electrons. The third-order valence-corrected chi connectivity index (χ3v) is 5.93. The van der Waals surface area contributed by atoms with Crippen molar-refractivity contribution >= 4 is 28.7 Å². The smallest absolute Gasteiger partial charge is 0.191 e. The van der Waals surface area contributed by atoms with Gasteiger partial charge >= 0.3 is 0 Å². The van der Waals surface area contributed by atoms with Crippen molar-refractivity contribution < 1.29 is 18.7 Å². The van der Waals surface area contributed by atoms with Crippen molar-refractivity contribution in [2.75, 3.05) is 25.5 Å². The molecule has 0 amide bonds. The highest BCUT2D eigenvalue weighted by atomic mass is 32.2. The minimum atomic E-state index is 0.596. The molecule has 0 atom stereocenters. The van der Waals surface area contributed by atoms with Crippen molar-refractivity contribution in [3.05, 3.63) is 54.4 Å². The van der Waals surface area contributed by atoms with Crippen LogP contribution in [0.2, 0.25) is 0 Å². The fourth-order valence-electron chi connectivity index (χ4n) is 3.64. The number of rotatable bonds is 6. The van der Waals surface area contributed by atoms with Gasteiger partial charge in [-0.05, 0) is 41.8 Å². The van der Waals surface area contributed by atoms with E-state index >= 15 is 0 Å². The first-order valence-electron chi connectivity index (χ1n) is 9.42. The van der Waals surface area contributed by atoms with E-state index in [9.17, 15) is 0 Å². The lowest BCUT2D eigenvalue weighted by atomic mass is 9.97. The molecule has 2 aromatic carbocycles. The molecule has 2 aromatic heterocycles. The molecule has 1 aliphatic rings. The zero-order valence-electron chi connectivity index (χ0n) is 16.5. The van der Waals surface area contributed by atoms with Crippen LogP contribution >= 0.6 is 11.9 Å². The Kier molecular flexibility index (Phi) is 4.84. The largest absolute Gasteiger partial charge is 0.495 e. The summed E-state index contributed by atoms with van der Waals surface area (Å²) in [5, 5.41) is 5.08. The van der Waals surface area contributed by atoms with E-state index < -0.39 is 0 Å². The zero-order chi connectivity index (χ0) is 20.5. The molecule has 5 rings (SSSR count). The Morgan fingerprint density at radius 3 is 2.67 bits per heavy atom. The average molecular weight is 421 g/mol. The summed E-state index contributed by atoms with van der Waals surface area (Å²) >= 11 is 1.35. The molecule has 0 bridgehead atoms. The number of anilines is 1. The van der Waals surface area contributed by atoms with Gasteiger partial charge in [0, 0.05) is 29.9 Å². The number of nitrogens with one attached hydrogen (secondary N) is 1. The number of nitrogens with zero attached hydrogens (tertiary/aromatic N) is 2. The average Bonchev–Trinajstić information content (AvgIpc) is 3.44. The number of ether oxygens (including phenoxy) is 3. The number of methoxy groups -OCH3 is 2. The topological polar surface area (TPSA) is 78.6 Å². The van der Waals surface area contributed by atoms with Crippen LogP contribution < -0.4 is 18.9 Å². The summed E-state index contributed by atoms with van der Waals surface area (Å²) in [5.74, 6) is 2.82. The minimum Gasteiger partial charge on any atom is -0.495 e. The first kappa shape index (κ1) is 18.6. The Balaban J connectivity index is 1.55. The number of hydrogen-bond donors (Lipinski definition) is 1. The maximum atomic E-state index is 6.00. The summed E-state index contributed by atoms with van der Waals surface area (Å²) in [7, 11) is 3.26. The van der Waals surface area contributed by atoms with Gasteiger partial charge in [0.1, 0.15) is 27.5 Å². The van der Waals surface area contributed by atoms with Crippen LogP contribution in [0.15, 0.2) is 58.2 Å². The SMILES string of the molecule is COc1cccc(OC)c1SNc1noc2cc(-c3cccnc3)c3c(c12)OCC3. The first-order valence-corrected chi connectivity index (χ1v) is 10.2. The van der Waals surface area contributed by atoms with E-state index in [1.807, 2.05) is 42.6 Å². The van der Waals surface area contributed by atoms with Crippen molar-refractivity contribution in [2.45, 2.75) is 11.3 Å². The Hall–Kier alpha value is -3.39. The molecule has 1 aliphatic heterocycles. The zero-order valence-corrected chi connectivity index (χ0v) is 17.3. The van der Waals surface area contributed by atoms with E-state index in [1.54, 1.807) is 20.4 Å². The van der Waals surface area contributed by atoms with Crippen molar-refractivity contribution in [3.8, 4) is 28.4 Å². The number of pyridine rings is 1. The van der Waals surface area contributed by atoms with Gasteiger partial charge in [0.2, 0.25) is 0 Å². The van der Waals surface area contributed by atoms with Crippen LogP contribution in [-0.2, 0) is 6.42 Å². The summed E-state index contributed by atoms with van der Waals surface area (Å²) in [5.41, 5.74) is 3.89. The van der Waals surface area contributed by atoms with Gasteiger partial charge in [0.25, 0.3) is 0 Å². The molecular formula is C22H19N3O4S. The van der Waals surface area contributed by atoms with E-state index in [0.717, 1.165) is 39.1 Å². The number of fused-ring (bicyclic) bond motifs is 3. The lowest BCUT2D eigenvalue weighted by Crippen LogP contribution is -1.95. The second kappa shape index (κ2) is 7.79. The molecule has 7 nitrogen and oxygen atoms in total. The normalized spacial score (nSPS) is 12.5.